The maximum Gasteiger partial charge on any atom is 0.227 e. The van der Waals surface area contributed by atoms with Crippen molar-refractivity contribution in [3.63, 3.8) is 0 Å². The van der Waals surface area contributed by atoms with Crippen molar-refractivity contribution < 1.29 is 9.59 Å². The van der Waals surface area contributed by atoms with E-state index in [0.717, 1.165) is 36.1 Å². The van der Waals surface area contributed by atoms with E-state index in [2.05, 4.69) is 10.6 Å². The summed E-state index contributed by atoms with van der Waals surface area (Å²) in [4.78, 5) is 26.0. The Morgan fingerprint density at radius 3 is 1.36 bits per heavy atom. The van der Waals surface area contributed by atoms with Crippen LogP contribution in [-0.4, -0.2) is 11.8 Å². The molecule has 6 aliphatic carbocycles. The molecule has 7 rings (SSSR count). The van der Waals surface area contributed by atoms with Crippen molar-refractivity contribution >= 4 is 23.2 Å². The van der Waals surface area contributed by atoms with Crippen LogP contribution < -0.4 is 10.6 Å². The van der Waals surface area contributed by atoms with Crippen molar-refractivity contribution in [2.24, 2.45) is 35.5 Å². The van der Waals surface area contributed by atoms with Crippen molar-refractivity contribution in [3.8, 4) is 0 Å². The van der Waals surface area contributed by atoms with Crippen LogP contribution in [0.25, 0.3) is 0 Å². The number of benzene rings is 1. The summed E-state index contributed by atoms with van der Waals surface area (Å²) >= 11 is 0. The first-order valence-electron chi connectivity index (χ1n) is 11.4. The van der Waals surface area contributed by atoms with Crippen molar-refractivity contribution in [2.75, 3.05) is 10.6 Å². The fourth-order valence-electron chi connectivity index (χ4n) is 6.55. The van der Waals surface area contributed by atoms with Gasteiger partial charge in [0.1, 0.15) is 0 Å². The monoisotopic (exact) mass is 380 g/mol. The van der Waals surface area contributed by atoms with E-state index in [0.29, 0.717) is 11.8 Å². The van der Waals surface area contributed by atoms with Gasteiger partial charge < -0.3 is 10.6 Å². The van der Waals surface area contributed by atoms with Crippen LogP contribution in [0.15, 0.2) is 24.3 Å². The summed E-state index contributed by atoms with van der Waals surface area (Å²) in [6, 6.07) is 7.70. The van der Waals surface area contributed by atoms with Gasteiger partial charge in [0.15, 0.2) is 0 Å². The highest BCUT2D eigenvalue weighted by Crippen LogP contribution is 2.46. The lowest BCUT2D eigenvalue weighted by molar-refractivity contribution is -0.125. The van der Waals surface area contributed by atoms with Gasteiger partial charge in [0, 0.05) is 11.8 Å². The second kappa shape index (κ2) is 7.53. The van der Waals surface area contributed by atoms with E-state index in [4.69, 9.17) is 0 Å². The summed E-state index contributed by atoms with van der Waals surface area (Å²) in [5.41, 5.74) is 1.51. The lowest BCUT2D eigenvalue weighted by atomic mass is 9.64. The number of fused-ring (bicyclic) bond motifs is 6. The van der Waals surface area contributed by atoms with E-state index in [1.807, 2.05) is 24.3 Å². The van der Waals surface area contributed by atoms with E-state index < -0.39 is 0 Å². The fraction of sp³-hybridized carbons (Fsp3) is 0.667. The first kappa shape index (κ1) is 18.2. The molecule has 0 saturated heterocycles. The summed E-state index contributed by atoms with van der Waals surface area (Å²) in [5, 5.41) is 6.31. The van der Waals surface area contributed by atoms with Crippen LogP contribution >= 0.6 is 0 Å². The van der Waals surface area contributed by atoms with Crippen LogP contribution in [0.1, 0.15) is 64.2 Å². The molecule has 1 aromatic rings. The Hall–Kier alpha value is -1.84. The molecule has 6 saturated carbocycles. The molecule has 6 fully saturated rings. The van der Waals surface area contributed by atoms with Gasteiger partial charge in [-0.1, -0.05) is 37.8 Å². The van der Waals surface area contributed by atoms with Gasteiger partial charge in [-0.05, 0) is 74.3 Å². The molecule has 0 radical (unpaired) electrons. The molecule has 2 amide bonds. The van der Waals surface area contributed by atoms with Gasteiger partial charge in [-0.2, -0.15) is 0 Å². The molecule has 0 aliphatic heterocycles. The zero-order chi connectivity index (χ0) is 19.1. The van der Waals surface area contributed by atoms with Crippen molar-refractivity contribution in [1.29, 1.82) is 0 Å². The highest BCUT2D eigenvalue weighted by atomic mass is 16.2. The molecule has 1 aromatic carbocycles. The smallest absolute Gasteiger partial charge is 0.227 e. The van der Waals surface area contributed by atoms with Gasteiger partial charge in [-0.15, -0.1) is 0 Å². The van der Waals surface area contributed by atoms with E-state index in [9.17, 15) is 9.59 Å². The molecule has 4 bridgehead atoms. The average Bonchev–Trinajstić information content (AvgIpc) is 2.76. The van der Waals surface area contributed by atoms with Crippen molar-refractivity contribution in [1.82, 2.24) is 0 Å². The van der Waals surface area contributed by atoms with Gasteiger partial charge in [0.25, 0.3) is 0 Å². The highest BCUT2D eigenvalue weighted by Gasteiger charge is 2.40. The van der Waals surface area contributed by atoms with Crippen molar-refractivity contribution in [3.05, 3.63) is 24.3 Å². The lowest BCUT2D eigenvalue weighted by Gasteiger charge is -2.41. The Morgan fingerprint density at radius 1 is 0.643 bits per heavy atom. The predicted molar refractivity (Wildman–Crippen MR) is 111 cm³/mol. The summed E-state index contributed by atoms with van der Waals surface area (Å²) in [5.74, 6) is 3.14. The minimum absolute atomic E-state index is 0.144. The van der Waals surface area contributed by atoms with Crippen LogP contribution in [0.2, 0.25) is 0 Å². The SMILES string of the molecule is O=C(Nc1ccccc1NC(=O)C1CC2CCC1CC2)C1CC2CCC1CC2. The number of amides is 2. The van der Waals surface area contributed by atoms with Crippen molar-refractivity contribution in [2.45, 2.75) is 64.2 Å². The zero-order valence-electron chi connectivity index (χ0n) is 16.7. The molecule has 0 heterocycles. The van der Waals surface area contributed by atoms with E-state index in [1.165, 1.54) is 51.4 Å². The number of rotatable bonds is 4. The number of carbonyl (C=O) groups excluding carboxylic acids is 2. The van der Waals surface area contributed by atoms with Crippen LogP contribution in [-0.2, 0) is 9.59 Å². The number of anilines is 2. The Bertz CT molecular complexity index is 682. The maximum absolute atomic E-state index is 13.0. The summed E-state index contributed by atoms with van der Waals surface area (Å²) < 4.78 is 0. The standard InChI is InChI=1S/C24H32N2O2/c27-23(19-13-15-5-9-17(19)10-6-15)25-21-3-1-2-4-22(21)26-24(28)20-14-16-7-11-18(20)12-8-16/h1-4,15-20H,5-14H2,(H,25,27)(H,26,28). The van der Waals surface area contributed by atoms with Crippen LogP contribution in [0.4, 0.5) is 11.4 Å². The quantitative estimate of drug-likeness (QED) is 0.753. The Morgan fingerprint density at radius 2 is 1.04 bits per heavy atom. The molecular formula is C24H32N2O2. The van der Waals surface area contributed by atoms with E-state index in [1.54, 1.807) is 0 Å². The normalized spacial score (nSPS) is 36.1. The third-order valence-corrected chi connectivity index (χ3v) is 8.21. The minimum Gasteiger partial charge on any atom is -0.324 e. The molecule has 0 spiro atoms. The summed E-state index contributed by atoms with van der Waals surface area (Å²) in [6.07, 6.45) is 12.1. The van der Waals surface area contributed by atoms with Crippen LogP contribution in [0.5, 0.6) is 0 Å². The van der Waals surface area contributed by atoms with Crippen LogP contribution in [0.3, 0.4) is 0 Å². The summed E-state index contributed by atoms with van der Waals surface area (Å²) in [7, 11) is 0. The first-order valence-corrected chi connectivity index (χ1v) is 11.4. The molecule has 150 valence electrons. The molecule has 2 N–H and O–H groups in total. The molecule has 2 unspecified atom stereocenters. The Labute approximate surface area is 167 Å². The fourth-order valence-corrected chi connectivity index (χ4v) is 6.55. The number of nitrogens with one attached hydrogen (secondary N) is 2. The van der Waals surface area contributed by atoms with Gasteiger partial charge >= 0.3 is 0 Å². The average molecular weight is 381 g/mol. The van der Waals surface area contributed by atoms with Gasteiger partial charge in [0.05, 0.1) is 11.4 Å². The molecular weight excluding hydrogens is 348 g/mol. The topological polar surface area (TPSA) is 58.2 Å². The number of hydrogen-bond donors (Lipinski definition) is 2. The second-order valence-electron chi connectivity index (χ2n) is 9.77. The van der Waals surface area contributed by atoms with E-state index in [-0.39, 0.29) is 23.7 Å². The zero-order valence-corrected chi connectivity index (χ0v) is 16.7. The molecule has 0 aromatic heterocycles. The second-order valence-corrected chi connectivity index (χ2v) is 9.77. The lowest BCUT2D eigenvalue weighted by Crippen LogP contribution is -2.39. The number of para-hydroxylation sites is 2. The number of carbonyl (C=O) groups is 2. The van der Waals surface area contributed by atoms with Gasteiger partial charge in [0.2, 0.25) is 11.8 Å². The maximum atomic E-state index is 13.0. The molecule has 28 heavy (non-hydrogen) atoms. The van der Waals surface area contributed by atoms with E-state index >= 15 is 0 Å². The van der Waals surface area contributed by atoms with Gasteiger partial charge in [-0.25, -0.2) is 0 Å². The summed E-state index contributed by atoms with van der Waals surface area (Å²) in [6.45, 7) is 0. The minimum atomic E-state index is 0.144. The molecule has 4 nitrogen and oxygen atoms in total. The van der Waals surface area contributed by atoms with Gasteiger partial charge in [-0.3, -0.25) is 9.59 Å². The highest BCUT2D eigenvalue weighted by molar-refractivity contribution is 6.01. The molecule has 2 atom stereocenters. The molecule has 6 aliphatic rings. The first-order chi connectivity index (χ1) is 13.7. The number of hydrogen-bond acceptors (Lipinski definition) is 2. The third-order valence-electron chi connectivity index (χ3n) is 8.21. The predicted octanol–water partition coefficient (Wildman–Crippen LogP) is 5.22. The molecule has 4 heteroatoms. The Kier molecular flexibility index (Phi) is 4.90. The van der Waals surface area contributed by atoms with Crippen LogP contribution in [0, 0.1) is 35.5 Å². The Balaban J connectivity index is 1.27. The largest absolute Gasteiger partial charge is 0.324 e. The third kappa shape index (κ3) is 3.46.